The third-order valence-corrected chi connectivity index (χ3v) is 3.24. The minimum absolute atomic E-state index is 0.0628. The Kier molecular flexibility index (Phi) is 3.34. The average molecular weight is 267 g/mol. The number of anilines is 1. The first-order chi connectivity index (χ1) is 8.52. The number of rotatable bonds is 3. The van der Waals surface area contributed by atoms with E-state index in [2.05, 4.69) is 6.58 Å². The summed E-state index contributed by atoms with van der Waals surface area (Å²) < 4.78 is 0. The van der Waals surface area contributed by atoms with Crippen molar-refractivity contribution in [3.05, 3.63) is 46.0 Å². The fraction of sp³-hybridized carbons (Fsp3) is 0.250. The zero-order chi connectivity index (χ0) is 13.3. The topological polar surface area (TPSA) is 63.5 Å². The summed E-state index contributed by atoms with van der Waals surface area (Å²) in [7, 11) is 0. The molecule has 1 aromatic carbocycles. The number of hydrogen-bond acceptors (Lipinski definition) is 3. The van der Waals surface area contributed by atoms with Gasteiger partial charge >= 0.3 is 0 Å². The number of carbonyl (C=O) groups excluding carboxylic acids is 1. The Morgan fingerprint density at radius 3 is 2.83 bits per heavy atom. The minimum Gasteiger partial charge on any atom is -0.310 e. The molecule has 0 bridgehead atoms. The number of hydrogen-bond donors (Lipinski definition) is 0. The fourth-order valence-corrected chi connectivity index (χ4v) is 2.17. The number of nitro groups is 1. The van der Waals surface area contributed by atoms with Crippen LogP contribution in [-0.2, 0) is 4.79 Å². The highest BCUT2D eigenvalue weighted by molar-refractivity contribution is 6.34. The molecular weight excluding hydrogens is 256 g/mol. The minimum atomic E-state index is -0.509. The lowest BCUT2D eigenvalue weighted by atomic mass is 10.1. The van der Waals surface area contributed by atoms with E-state index in [1.165, 1.54) is 23.1 Å². The van der Waals surface area contributed by atoms with Crippen molar-refractivity contribution in [2.45, 2.75) is 6.42 Å². The maximum atomic E-state index is 11.8. The SMILES string of the molecule is C=CC1CC(=O)N(c2cc([N+](=O)[O-])ccc2Cl)C1. The number of halogens is 1. The molecule has 1 aliphatic rings. The van der Waals surface area contributed by atoms with Crippen LogP contribution in [0.2, 0.25) is 5.02 Å². The molecule has 5 nitrogen and oxygen atoms in total. The Morgan fingerprint density at radius 1 is 1.56 bits per heavy atom. The summed E-state index contributed by atoms with van der Waals surface area (Å²) in [5.74, 6) is -0.0323. The van der Waals surface area contributed by atoms with Crippen molar-refractivity contribution >= 4 is 28.9 Å². The van der Waals surface area contributed by atoms with Crippen molar-refractivity contribution in [2.24, 2.45) is 5.92 Å². The number of non-ortho nitro benzene ring substituents is 1. The van der Waals surface area contributed by atoms with E-state index in [0.29, 0.717) is 23.7 Å². The molecule has 6 heteroatoms. The summed E-state index contributed by atoms with van der Waals surface area (Å²) in [6.07, 6.45) is 2.08. The second-order valence-electron chi connectivity index (χ2n) is 4.10. The smallest absolute Gasteiger partial charge is 0.271 e. The Labute approximate surface area is 109 Å². The Balaban J connectivity index is 2.38. The van der Waals surface area contributed by atoms with Crippen LogP contribution in [0.15, 0.2) is 30.9 Å². The van der Waals surface area contributed by atoms with E-state index in [9.17, 15) is 14.9 Å². The van der Waals surface area contributed by atoms with Crippen LogP contribution in [0.3, 0.4) is 0 Å². The number of benzene rings is 1. The molecule has 94 valence electrons. The molecule has 1 aliphatic heterocycles. The molecule has 1 heterocycles. The monoisotopic (exact) mass is 266 g/mol. The zero-order valence-electron chi connectivity index (χ0n) is 9.51. The number of amides is 1. The van der Waals surface area contributed by atoms with Gasteiger partial charge in [-0.05, 0) is 6.07 Å². The van der Waals surface area contributed by atoms with Crippen molar-refractivity contribution in [1.82, 2.24) is 0 Å². The summed E-state index contributed by atoms with van der Waals surface area (Å²) in [6.45, 7) is 4.11. The van der Waals surface area contributed by atoms with E-state index in [-0.39, 0.29) is 17.5 Å². The molecule has 0 aromatic heterocycles. The molecule has 1 fully saturated rings. The molecule has 1 unspecified atom stereocenters. The van der Waals surface area contributed by atoms with Gasteiger partial charge in [0.15, 0.2) is 0 Å². The van der Waals surface area contributed by atoms with Crippen LogP contribution in [0.4, 0.5) is 11.4 Å². The summed E-state index contributed by atoms with van der Waals surface area (Å²) in [6, 6.07) is 4.08. The van der Waals surface area contributed by atoms with Crippen LogP contribution in [-0.4, -0.2) is 17.4 Å². The van der Waals surface area contributed by atoms with E-state index in [1.807, 2.05) is 0 Å². The van der Waals surface area contributed by atoms with Crippen molar-refractivity contribution in [2.75, 3.05) is 11.4 Å². The van der Waals surface area contributed by atoms with Crippen LogP contribution >= 0.6 is 11.6 Å². The highest BCUT2D eigenvalue weighted by atomic mass is 35.5. The zero-order valence-corrected chi connectivity index (χ0v) is 10.3. The van der Waals surface area contributed by atoms with Gasteiger partial charge in [0.05, 0.1) is 15.6 Å². The summed E-state index contributed by atoms with van der Waals surface area (Å²) >= 11 is 5.99. The molecule has 0 spiro atoms. The molecule has 18 heavy (non-hydrogen) atoms. The van der Waals surface area contributed by atoms with E-state index in [0.717, 1.165) is 0 Å². The highest BCUT2D eigenvalue weighted by Gasteiger charge is 2.30. The van der Waals surface area contributed by atoms with E-state index < -0.39 is 4.92 Å². The molecule has 1 aromatic rings. The predicted molar refractivity (Wildman–Crippen MR) is 68.8 cm³/mol. The normalized spacial score (nSPS) is 19.1. The molecular formula is C12H11ClN2O3. The first kappa shape index (κ1) is 12.6. The number of nitrogens with zero attached hydrogens (tertiary/aromatic N) is 2. The largest absolute Gasteiger partial charge is 0.310 e. The molecule has 0 N–H and O–H groups in total. The van der Waals surface area contributed by atoms with Gasteiger partial charge in [0.1, 0.15) is 0 Å². The Bertz CT molecular complexity index is 530. The van der Waals surface area contributed by atoms with Crippen molar-refractivity contribution < 1.29 is 9.72 Å². The van der Waals surface area contributed by atoms with E-state index in [1.54, 1.807) is 6.08 Å². The van der Waals surface area contributed by atoms with Gasteiger partial charge in [-0.1, -0.05) is 17.7 Å². The molecule has 1 saturated heterocycles. The Hall–Kier alpha value is -1.88. The van der Waals surface area contributed by atoms with Gasteiger partial charge in [-0.25, -0.2) is 0 Å². The van der Waals surface area contributed by atoms with Gasteiger partial charge in [-0.2, -0.15) is 0 Å². The van der Waals surface area contributed by atoms with Crippen molar-refractivity contribution in [3.63, 3.8) is 0 Å². The first-order valence-corrected chi connectivity index (χ1v) is 5.77. The number of carbonyl (C=O) groups is 1. The molecule has 2 rings (SSSR count). The third-order valence-electron chi connectivity index (χ3n) is 2.92. The maximum absolute atomic E-state index is 11.8. The molecule has 0 radical (unpaired) electrons. The van der Waals surface area contributed by atoms with Crippen LogP contribution in [0.1, 0.15) is 6.42 Å². The van der Waals surface area contributed by atoms with E-state index >= 15 is 0 Å². The van der Waals surface area contributed by atoms with Gasteiger partial charge in [-0.3, -0.25) is 14.9 Å². The van der Waals surface area contributed by atoms with E-state index in [4.69, 9.17) is 11.6 Å². The molecule has 0 saturated carbocycles. The molecule has 1 atom stereocenters. The lowest BCUT2D eigenvalue weighted by Gasteiger charge is -2.17. The summed E-state index contributed by atoms with van der Waals surface area (Å²) in [4.78, 5) is 23.5. The van der Waals surface area contributed by atoms with Crippen molar-refractivity contribution in [1.29, 1.82) is 0 Å². The van der Waals surface area contributed by atoms with Crippen LogP contribution in [0, 0.1) is 16.0 Å². The van der Waals surface area contributed by atoms with Gasteiger partial charge < -0.3 is 4.90 Å². The maximum Gasteiger partial charge on any atom is 0.271 e. The van der Waals surface area contributed by atoms with Gasteiger partial charge in [0, 0.05) is 31.0 Å². The van der Waals surface area contributed by atoms with Gasteiger partial charge in [0.25, 0.3) is 5.69 Å². The third kappa shape index (κ3) is 2.22. The second-order valence-corrected chi connectivity index (χ2v) is 4.50. The lowest BCUT2D eigenvalue weighted by molar-refractivity contribution is -0.384. The van der Waals surface area contributed by atoms with Crippen LogP contribution in [0.5, 0.6) is 0 Å². The standard InChI is InChI=1S/C12H11ClN2O3/c1-2-8-5-12(16)14(7-8)11-6-9(15(17)18)3-4-10(11)13/h2-4,6,8H,1,5,7H2. The second kappa shape index (κ2) is 4.78. The summed E-state index contributed by atoms with van der Waals surface area (Å²) in [5.41, 5.74) is 0.310. The quantitative estimate of drug-likeness (QED) is 0.480. The Morgan fingerprint density at radius 2 is 2.28 bits per heavy atom. The van der Waals surface area contributed by atoms with Crippen LogP contribution in [0.25, 0.3) is 0 Å². The van der Waals surface area contributed by atoms with Crippen molar-refractivity contribution in [3.8, 4) is 0 Å². The van der Waals surface area contributed by atoms with Gasteiger partial charge in [-0.15, -0.1) is 6.58 Å². The predicted octanol–water partition coefficient (Wildman–Crippen LogP) is 2.79. The average Bonchev–Trinajstić information content (AvgIpc) is 2.71. The van der Waals surface area contributed by atoms with Crippen LogP contribution < -0.4 is 4.90 Å². The molecule has 0 aliphatic carbocycles. The fourth-order valence-electron chi connectivity index (χ4n) is 1.95. The lowest BCUT2D eigenvalue weighted by Crippen LogP contribution is -2.24. The highest BCUT2D eigenvalue weighted by Crippen LogP contribution is 2.34. The molecule has 1 amide bonds. The number of nitro benzene ring substituents is 1. The van der Waals surface area contributed by atoms with Gasteiger partial charge in [0.2, 0.25) is 5.91 Å². The first-order valence-electron chi connectivity index (χ1n) is 5.39. The summed E-state index contributed by atoms with van der Waals surface area (Å²) in [5, 5.41) is 11.1.